The summed E-state index contributed by atoms with van der Waals surface area (Å²) in [4.78, 5) is 0. The van der Waals surface area contributed by atoms with Gasteiger partial charge in [-0.25, -0.2) is 0 Å². The molecule has 5 rings (SSSR count). The third kappa shape index (κ3) is 4.47. The molecule has 0 unspecified atom stereocenters. The minimum atomic E-state index is 0.756. The molecule has 0 fully saturated rings. The van der Waals surface area contributed by atoms with Gasteiger partial charge in [-0.1, -0.05) is 47.5 Å². The van der Waals surface area contributed by atoms with E-state index < -0.39 is 0 Å². The molecule has 0 bridgehead atoms. The molecule has 0 aliphatic heterocycles. The Morgan fingerprint density at radius 1 is 0.897 bits per heavy atom. The molecule has 0 spiro atoms. The summed E-state index contributed by atoms with van der Waals surface area (Å²) >= 11 is 12.2. The van der Waals surface area contributed by atoms with E-state index in [2.05, 4.69) is 30.3 Å². The Morgan fingerprint density at radius 3 is 2.41 bits per heavy atom. The molecule has 3 heteroatoms. The average molecular weight is 425 g/mol. The average Bonchev–Trinajstić information content (AvgIpc) is 3.23. The lowest BCUT2D eigenvalue weighted by Gasteiger charge is -2.27. The zero-order valence-corrected chi connectivity index (χ0v) is 18.3. The van der Waals surface area contributed by atoms with Gasteiger partial charge < -0.3 is 4.42 Å². The number of alkyl halides is 1. The van der Waals surface area contributed by atoms with E-state index in [-0.39, 0.29) is 0 Å². The number of rotatable bonds is 3. The number of hydrogen-bond donors (Lipinski definition) is 0. The van der Waals surface area contributed by atoms with Crippen LogP contribution in [0, 0.1) is 6.92 Å². The molecule has 2 aliphatic carbocycles. The van der Waals surface area contributed by atoms with Crippen molar-refractivity contribution in [3.05, 3.63) is 87.3 Å². The lowest BCUT2D eigenvalue weighted by atomic mass is 9.78. The molecule has 0 atom stereocenters. The van der Waals surface area contributed by atoms with Crippen LogP contribution < -0.4 is 0 Å². The van der Waals surface area contributed by atoms with E-state index in [9.17, 15) is 0 Å². The molecule has 0 N–H and O–H groups in total. The van der Waals surface area contributed by atoms with Crippen LogP contribution in [0.1, 0.15) is 47.1 Å². The summed E-state index contributed by atoms with van der Waals surface area (Å²) < 4.78 is 4.71. The highest BCUT2D eigenvalue weighted by atomic mass is 35.5. The molecule has 1 nitrogen and oxygen atoms in total. The maximum absolute atomic E-state index is 6.40. The quantitative estimate of drug-likeness (QED) is 0.387. The summed E-state index contributed by atoms with van der Waals surface area (Å²) in [5.74, 6) is 0.756. The molecular weight excluding hydrogens is 399 g/mol. The number of halogens is 2. The Bertz CT molecular complexity index is 1020. The third-order valence-electron chi connectivity index (χ3n) is 5.85. The second kappa shape index (κ2) is 9.24. The van der Waals surface area contributed by atoms with Gasteiger partial charge in [-0.3, -0.25) is 0 Å². The van der Waals surface area contributed by atoms with E-state index >= 15 is 0 Å². The molecule has 3 aromatic rings. The van der Waals surface area contributed by atoms with E-state index in [1.807, 2.05) is 19.1 Å². The highest BCUT2D eigenvalue weighted by Crippen LogP contribution is 2.41. The highest BCUT2D eigenvalue weighted by molar-refractivity contribution is 6.31. The predicted molar refractivity (Wildman–Crippen MR) is 124 cm³/mol. The van der Waals surface area contributed by atoms with Crippen LogP contribution in [0.4, 0.5) is 0 Å². The van der Waals surface area contributed by atoms with Crippen molar-refractivity contribution in [1.29, 1.82) is 0 Å². The van der Waals surface area contributed by atoms with E-state index in [0.29, 0.717) is 0 Å². The van der Waals surface area contributed by atoms with Gasteiger partial charge in [0.2, 0.25) is 0 Å². The molecule has 1 aromatic heterocycles. The van der Waals surface area contributed by atoms with Crippen LogP contribution in [0.3, 0.4) is 0 Å². The summed E-state index contributed by atoms with van der Waals surface area (Å²) in [6.07, 6.45) is 12.5. The van der Waals surface area contributed by atoms with Crippen LogP contribution in [0.2, 0.25) is 5.02 Å². The lowest BCUT2D eigenvalue weighted by molar-refractivity contribution is 0.565. The number of hydrogen-bond acceptors (Lipinski definition) is 1. The molecule has 2 aromatic carbocycles. The van der Waals surface area contributed by atoms with Crippen LogP contribution in [-0.4, -0.2) is 5.88 Å². The van der Waals surface area contributed by atoms with Crippen LogP contribution in [0.25, 0.3) is 17.2 Å². The van der Waals surface area contributed by atoms with Crippen molar-refractivity contribution in [3.8, 4) is 11.1 Å². The zero-order valence-electron chi connectivity index (χ0n) is 16.8. The van der Waals surface area contributed by atoms with Gasteiger partial charge in [0.25, 0.3) is 0 Å². The van der Waals surface area contributed by atoms with Crippen molar-refractivity contribution < 1.29 is 4.42 Å². The van der Waals surface area contributed by atoms with Crippen LogP contribution in [0.15, 0.2) is 58.9 Å². The molecule has 0 saturated carbocycles. The maximum atomic E-state index is 6.40. The molecule has 0 radical (unpaired) electrons. The molecule has 2 aliphatic rings. The number of furan rings is 1. The number of aryl methyl sites for hydroxylation is 1. The Morgan fingerprint density at radius 2 is 1.69 bits per heavy atom. The summed E-state index contributed by atoms with van der Waals surface area (Å²) in [5.41, 5.74) is 11.3. The summed E-state index contributed by atoms with van der Waals surface area (Å²) in [5, 5.41) is 0.911. The van der Waals surface area contributed by atoms with E-state index in [4.69, 9.17) is 27.6 Å². The van der Waals surface area contributed by atoms with Gasteiger partial charge in [-0.2, -0.15) is 0 Å². The summed E-state index contributed by atoms with van der Waals surface area (Å²) in [6, 6.07) is 12.8. The van der Waals surface area contributed by atoms with Crippen molar-refractivity contribution in [1.82, 2.24) is 0 Å². The summed E-state index contributed by atoms with van der Waals surface area (Å²) in [7, 11) is 0. The van der Waals surface area contributed by atoms with E-state index in [1.165, 1.54) is 40.7 Å². The normalized spacial score (nSPS) is 14.1. The Balaban J connectivity index is 0.000000294. The molecule has 0 amide bonds. The first-order chi connectivity index (χ1) is 14.2. The zero-order chi connectivity index (χ0) is 20.2. The molecule has 0 saturated heterocycles. The Kier molecular flexibility index (Phi) is 6.47. The molecule has 150 valence electrons. The Labute approximate surface area is 183 Å². The monoisotopic (exact) mass is 424 g/mol. The van der Waals surface area contributed by atoms with Crippen molar-refractivity contribution in [2.75, 3.05) is 5.88 Å². The van der Waals surface area contributed by atoms with Gasteiger partial charge in [0.15, 0.2) is 0 Å². The van der Waals surface area contributed by atoms with E-state index in [0.717, 1.165) is 36.6 Å². The fourth-order valence-electron chi connectivity index (χ4n) is 4.40. The van der Waals surface area contributed by atoms with Gasteiger partial charge in [-0.05, 0) is 96.5 Å². The van der Waals surface area contributed by atoms with Crippen LogP contribution >= 0.6 is 23.2 Å². The first-order valence-electron chi connectivity index (χ1n) is 10.3. The van der Waals surface area contributed by atoms with Crippen LogP contribution in [0.5, 0.6) is 0 Å². The standard InChI is InChI=1S/C21H20Cl2.C5H6O/c22-12-2-3-14-6-8-16-15(13-14)7-9-19-17-4-1-5-21(23)20(17)11-10-18(16)19;1-5-2-3-6-4-5/h1,4-5,7,9,13H,2-3,6,8,10-12H2;2-4H,1H3. The highest BCUT2D eigenvalue weighted by Gasteiger charge is 2.23. The summed E-state index contributed by atoms with van der Waals surface area (Å²) in [6.45, 7) is 1.99. The van der Waals surface area contributed by atoms with Gasteiger partial charge in [-0.15, -0.1) is 11.6 Å². The van der Waals surface area contributed by atoms with Gasteiger partial charge in [0, 0.05) is 10.9 Å². The first kappa shape index (κ1) is 20.3. The van der Waals surface area contributed by atoms with Crippen molar-refractivity contribution in [2.24, 2.45) is 0 Å². The predicted octanol–water partition coefficient (Wildman–Crippen LogP) is 8.04. The van der Waals surface area contributed by atoms with Crippen molar-refractivity contribution >= 4 is 29.3 Å². The number of fused-ring (bicyclic) bond motifs is 5. The van der Waals surface area contributed by atoms with Crippen molar-refractivity contribution in [2.45, 2.75) is 45.4 Å². The Hall–Kier alpha value is -1.96. The fraction of sp³-hybridized carbons (Fsp3) is 0.308. The smallest absolute Gasteiger partial charge is 0.0931 e. The molecule has 1 heterocycles. The minimum absolute atomic E-state index is 0.756. The second-order valence-corrected chi connectivity index (χ2v) is 8.61. The second-order valence-electron chi connectivity index (χ2n) is 7.82. The first-order valence-corrected chi connectivity index (χ1v) is 11.3. The third-order valence-corrected chi connectivity index (χ3v) is 6.47. The minimum Gasteiger partial charge on any atom is -0.472 e. The van der Waals surface area contributed by atoms with Crippen molar-refractivity contribution in [3.63, 3.8) is 0 Å². The molecular formula is C26H26Cl2O. The number of benzene rings is 2. The SMILES string of the molecule is Cc1ccoc1.ClCCCC1=Cc2ccc3c(c2CC1)CCc1c(Cl)cccc1-3. The largest absolute Gasteiger partial charge is 0.472 e. The van der Waals surface area contributed by atoms with Gasteiger partial charge in [0.1, 0.15) is 0 Å². The maximum Gasteiger partial charge on any atom is 0.0931 e. The van der Waals surface area contributed by atoms with Gasteiger partial charge in [0.05, 0.1) is 12.5 Å². The molecule has 29 heavy (non-hydrogen) atoms. The fourth-order valence-corrected chi connectivity index (χ4v) is 4.80. The van der Waals surface area contributed by atoms with Crippen LogP contribution in [-0.2, 0) is 19.3 Å². The van der Waals surface area contributed by atoms with Gasteiger partial charge >= 0.3 is 0 Å². The lowest BCUT2D eigenvalue weighted by Crippen LogP contribution is -2.11. The van der Waals surface area contributed by atoms with E-state index in [1.54, 1.807) is 29.2 Å². The number of allylic oxidation sites excluding steroid dienone is 1. The topological polar surface area (TPSA) is 13.1 Å².